The molecule has 1 aliphatic rings. The Hall–Kier alpha value is -1.82. The van der Waals surface area contributed by atoms with E-state index >= 15 is 0 Å². The maximum absolute atomic E-state index is 13.1. The number of aryl methyl sites for hydroxylation is 2. The molecule has 2 aromatic rings. The Balaban J connectivity index is 1.87. The first kappa shape index (κ1) is 19.9. The minimum absolute atomic E-state index is 0.390. The molecule has 0 saturated heterocycles. The fourth-order valence-corrected chi connectivity index (χ4v) is 4.08. The number of nitrogens with two attached hydrogens (primary N) is 1. The van der Waals surface area contributed by atoms with Crippen molar-refractivity contribution in [3.63, 3.8) is 0 Å². The van der Waals surface area contributed by atoms with Crippen molar-refractivity contribution in [2.24, 2.45) is 11.7 Å². The Labute approximate surface area is 158 Å². The van der Waals surface area contributed by atoms with Crippen LogP contribution in [0.2, 0.25) is 0 Å². The third-order valence-corrected chi connectivity index (χ3v) is 5.64. The summed E-state index contributed by atoms with van der Waals surface area (Å²) in [5, 5.41) is 3.73. The highest BCUT2D eigenvalue weighted by Gasteiger charge is 2.35. The lowest BCUT2D eigenvalue weighted by Crippen LogP contribution is -2.09. The average Bonchev–Trinajstić information content (AvgIpc) is 3.12. The molecule has 1 aromatic heterocycles. The smallest absolute Gasteiger partial charge is 0.326 e. The summed E-state index contributed by atoms with van der Waals surface area (Å²) >= 11 is 0. The van der Waals surface area contributed by atoms with Crippen molar-refractivity contribution in [3.8, 4) is 11.3 Å². The van der Waals surface area contributed by atoms with Crippen LogP contribution in [-0.2, 0) is 25.7 Å². The van der Waals surface area contributed by atoms with Crippen molar-refractivity contribution in [1.82, 2.24) is 9.78 Å². The molecule has 0 amide bonds. The van der Waals surface area contributed by atoms with Gasteiger partial charge in [0.15, 0.2) is 5.69 Å². The largest absolute Gasteiger partial charge is 0.435 e. The first-order chi connectivity index (χ1) is 12.9. The predicted molar refractivity (Wildman–Crippen MR) is 101 cm³/mol. The minimum Gasteiger partial charge on any atom is -0.326 e. The maximum atomic E-state index is 13.1. The molecule has 2 N–H and O–H groups in total. The third kappa shape index (κ3) is 4.72. The summed E-state index contributed by atoms with van der Waals surface area (Å²) in [6.07, 6.45) is 4.15. The van der Waals surface area contributed by atoms with Gasteiger partial charge < -0.3 is 5.73 Å². The van der Waals surface area contributed by atoms with Gasteiger partial charge in [-0.25, -0.2) is 0 Å². The van der Waals surface area contributed by atoms with Gasteiger partial charge >= 0.3 is 6.18 Å². The van der Waals surface area contributed by atoms with E-state index in [9.17, 15) is 13.2 Å². The van der Waals surface area contributed by atoms with Crippen LogP contribution in [0.1, 0.15) is 62.3 Å². The lowest BCUT2D eigenvalue weighted by atomic mass is 9.84. The molecule has 1 aromatic carbocycles. The second-order valence-corrected chi connectivity index (χ2v) is 7.46. The molecule has 1 aliphatic carbocycles. The third-order valence-electron chi connectivity index (χ3n) is 5.64. The van der Waals surface area contributed by atoms with Gasteiger partial charge in [0, 0.05) is 18.7 Å². The summed E-state index contributed by atoms with van der Waals surface area (Å²) in [5.74, 6) is 0.756. The molecule has 0 spiro atoms. The van der Waals surface area contributed by atoms with E-state index < -0.39 is 11.9 Å². The van der Waals surface area contributed by atoms with E-state index in [1.165, 1.54) is 36.8 Å². The van der Waals surface area contributed by atoms with E-state index in [1.54, 1.807) is 6.92 Å². The van der Waals surface area contributed by atoms with Crippen LogP contribution < -0.4 is 5.73 Å². The average molecular weight is 379 g/mol. The van der Waals surface area contributed by atoms with Crippen LogP contribution in [0.3, 0.4) is 0 Å². The number of alkyl halides is 3. The lowest BCUT2D eigenvalue weighted by Gasteiger charge is -2.22. The Morgan fingerprint density at radius 3 is 2.48 bits per heavy atom. The number of halogens is 3. The van der Waals surface area contributed by atoms with E-state index in [-0.39, 0.29) is 0 Å². The number of nitrogens with zero attached hydrogens (tertiary/aromatic N) is 2. The topological polar surface area (TPSA) is 43.8 Å². The molecule has 0 atom stereocenters. The summed E-state index contributed by atoms with van der Waals surface area (Å²) < 4.78 is 40.6. The number of aromatic nitrogens is 2. The van der Waals surface area contributed by atoms with E-state index in [2.05, 4.69) is 5.10 Å². The van der Waals surface area contributed by atoms with Gasteiger partial charge in [-0.3, -0.25) is 4.68 Å². The van der Waals surface area contributed by atoms with Crippen molar-refractivity contribution in [2.45, 2.75) is 71.1 Å². The van der Waals surface area contributed by atoms with Gasteiger partial charge in [-0.05, 0) is 48.9 Å². The number of hydrogen-bond donors (Lipinski definition) is 1. The van der Waals surface area contributed by atoms with Crippen LogP contribution in [0.25, 0.3) is 11.3 Å². The molecule has 0 bridgehead atoms. The summed E-state index contributed by atoms with van der Waals surface area (Å²) in [7, 11) is 0. The summed E-state index contributed by atoms with van der Waals surface area (Å²) in [4.78, 5) is 0. The molecule has 3 rings (SSSR count). The summed E-state index contributed by atoms with van der Waals surface area (Å²) in [6.45, 7) is 2.64. The number of benzene rings is 1. The highest BCUT2D eigenvalue weighted by Crippen LogP contribution is 2.33. The Kier molecular flexibility index (Phi) is 6.25. The minimum atomic E-state index is -4.43. The maximum Gasteiger partial charge on any atom is 0.435 e. The second-order valence-electron chi connectivity index (χ2n) is 7.46. The zero-order valence-corrected chi connectivity index (χ0v) is 15.9. The molecular formula is C21H28F3N3. The Morgan fingerprint density at radius 2 is 1.85 bits per heavy atom. The van der Waals surface area contributed by atoms with E-state index in [4.69, 9.17) is 5.73 Å². The van der Waals surface area contributed by atoms with Gasteiger partial charge in [-0.2, -0.15) is 18.3 Å². The molecule has 1 fully saturated rings. The standard InChI is InChI=1S/C21H28F3N3/c1-2-27-19(13-20(26-27)21(22,23)24)17-10-11-18(14-25)16(12-17)9-8-15-6-4-3-5-7-15/h10-13,15H,2-9,14,25H2,1H3. The fraction of sp³-hybridized carbons (Fsp3) is 0.571. The zero-order chi connectivity index (χ0) is 19.4. The van der Waals surface area contributed by atoms with Gasteiger partial charge in [0.05, 0.1) is 5.69 Å². The quantitative estimate of drug-likeness (QED) is 0.714. The molecule has 148 valence electrons. The molecule has 0 aliphatic heterocycles. The summed E-state index contributed by atoms with van der Waals surface area (Å²) in [5.41, 5.74) is 8.57. The summed E-state index contributed by atoms with van der Waals surface area (Å²) in [6, 6.07) is 6.96. The van der Waals surface area contributed by atoms with Crippen LogP contribution in [0.4, 0.5) is 13.2 Å². The normalized spacial score (nSPS) is 16.0. The molecule has 0 radical (unpaired) electrons. The van der Waals surface area contributed by atoms with Crippen LogP contribution in [-0.4, -0.2) is 9.78 Å². The highest BCUT2D eigenvalue weighted by molar-refractivity contribution is 5.62. The second kappa shape index (κ2) is 8.46. The van der Waals surface area contributed by atoms with Gasteiger partial charge in [0.2, 0.25) is 0 Å². The first-order valence-corrected chi connectivity index (χ1v) is 9.89. The predicted octanol–water partition coefficient (Wildman–Crippen LogP) is 5.56. The van der Waals surface area contributed by atoms with E-state index in [1.807, 2.05) is 18.2 Å². The molecule has 1 saturated carbocycles. The van der Waals surface area contributed by atoms with Gasteiger partial charge in [-0.15, -0.1) is 0 Å². The van der Waals surface area contributed by atoms with Gasteiger partial charge in [0.1, 0.15) is 0 Å². The zero-order valence-electron chi connectivity index (χ0n) is 15.9. The monoisotopic (exact) mass is 379 g/mol. The van der Waals surface area contributed by atoms with Gasteiger partial charge in [0.25, 0.3) is 0 Å². The fourth-order valence-electron chi connectivity index (χ4n) is 4.08. The van der Waals surface area contributed by atoms with Crippen molar-refractivity contribution in [3.05, 3.63) is 41.1 Å². The molecular weight excluding hydrogens is 351 g/mol. The van der Waals surface area contributed by atoms with Crippen LogP contribution in [0, 0.1) is 5.92 Å². The van der Waals surface area contributed by atoms with E-state index in [0.717, 1.165) is 41.5 Å². The van der Waals surface area contributed by atoms with Crippen molar-refractivity contribution >= 4 is 0 Å². The van der Waals surface area contributed by atoms with Crippen LogP contribution in [0.15, 0.2) is 24.3 Å². The Bertz CT molecular complexity index is 759. The molecule has 3 nitrogen and oxygen atoms in total. The number of hydrogen-bond acceptors (Lipinski definition) is 2. The van der Waals surface area contributed by atoms with Crippen LogP contribution in [0.5, 0.6) is 0 Å². The van der Waals surface area contributed by atoms with Crippen LogP contribution >= 0.6 is 0 Å². The molecule has 0 unspecified atom stereocenters. The molecule has 6 heteroatoms. The Morgan fingerprint density at radius 1 is 1.11 bits per heavy atom. The van der Waals surface area contributed by atoms with Crippen molar-refractivity contribution in [2.75, 3.05) is 0 Å². The first-order valence-electron chi connectivity index (χ1n) is 9.89. The number of rotatable bonds is 6. The van der Waals surface area contributed by atoms with Crippen molar-refractivity contribution < 1.29 is 13.2 Å². The highest BCUT2D eigenvalue weighted by atomic mass is 19.4. The SMILES string of the molecule is CCn1nc(C(F)(F)F)cc1-c1ccc(CN)c(CCC2CCCCC2)c1. The molecule has 1 heterocycles. The van der Waals surface area contributed by atoms with Gasteiger partial charge in [-0.1, -0.05) is 44.2 Å². The van der Waals surface area contributed by atoms with E-state index in [0.29, 0.717) is 18.8 Å². The lowest BCUT2D eigenvalue weighted by molar-refractivity contribution is -0.141. The van der Waals surface area contributed by atoms with Crippen molar-refractivity contribution in [1.29, 1.82) is 0 Å². The molecule has 27 heavy (non-hydrogen) atoms.